The Bertz CT molecular complexity index is 1880. The Balaban J connectivity index is 1.73. The van der Waals surface area contributed by atoms with Crippen molar-refractivity contribution in [3.05, 3.63) is 138 Å². The molecule has 6 nitrogen and oxygen atoms in total. The number of benzene rings is 4. The first-order valence-electron chi connectivity index (χ1n) is 13.9. The van der Waals surface area contributed by atoms with E-state index < -0.39 is 124 Å². The third kappa shape index (κ3) is 7.20. The van der Waals surface area contributed by atoms with E-state index in [0.717, 1.165) is 0 Å². The number of carbonyl (C=O) groups excluding carboxylic acids is 3. The lowest BCUT2D eigenvalue weighted by atomic mass is 9.89. The molecule has 0 saturated heterocycles. The zero-order valence-corrected chi connectivity index (χ0v) is 25.8. The van der Waals surface area contributed by atoms with Crippen molar-refractivity contribution in [1.29, 1.82) is 0 Å². The van der Waals surface area contributed by atoms with Crippen LogP contribution in [0.15, 0.2) is 18.2 Å². The van der Waals surface area contributed by atoms with Crippen LogP contribution in [0.5, 0.6) is 0 Å². The molecule has 18 heteroatoms. The van der Waals surface area contributed by atoms with E-state index in [9.17, 15) is 67.1 Å². The number of carbonyl (C=O) groups is 3. The highest BCUT2D eigenvalue weighted by atomic mass is 19.2. The molecule has 0 aliphatic carbocycles. The summed E-state index contributed by atoms with van der Waals surface area (Å²) in [5.41, 5.74) is -4.15. The van der Waals surface area contributed by atoms with Gasteiger partial charge in [-0.25, -0.2) is 67.1 Å². The monoisotopic (exact) mass is 738 g/mol. The molecule has 0 saturated carbocycles. The van der Waals surface area contributed by atoms with Crippen LogP contribution in [0.2, 0.25) is 0 Å². The third-order valence-corrected chi connectivity index (χ3v) is 7.73. The van der Waals surface area contributed by atoms with Gasteiger partial charge in [-0.2, -0.15) is 0 Å². The summed E-state index contributed by atoms with van der Waals surface area (Å²) >= 11 is 0. The molecular formula is C33H18F12O6. The van der Waals surface area contributed by atoms with Crippen molar-refractivity contribution in [2.24, 2.45) is 0 Å². The van der Waals surface area contributed by atoms with Crippen molar-refractivity contribution >= 4 is 17.9 Å². The Morgan fingerprint density at radius 2 is 0.608 bits per heavy atom. The molecule has 0 atom stereocenters. The zero-order valence-electron chi connectivity index (χ0n) is 25.8. The maximum atomic E-state index is 14.2. The van der Waals surface area contributed by atoms with Crippen LogP contribution in [-0.4, -0.2) is 17.9 Å². The first kappa shape index (κ1) is 38.3. The van der Waals surface area contributed by atoms with E-state index in [1.165, 1.54) is 20.8 Å². The summed E-state index contributed by atoms with van der Waals surface area (Å²) in [6.07, 6.45) is 0. The van der Waals surface area contributed by atoms with Crippen LogP contribution in [0.25, 0.3) is 0 Å². The lowest BCUT2D eigenvalue weighted by Crippen LogP contribution is -2.17. The van der Waals surface area contributed by atoms with Gasteiger partial charge in [-0.1, -0.05) is 0 Å². The minimum atomic E-state index is -2.33. The van der Waals surface area contributed by atoms with E-state index in [4.69, 9.17) is 14.2 Å². The fourth-order valence-corrected chi connectivity index (χ4v) is 4.85. The molecule has 51 heavy (non-hydrogen) atoms. The molecule has 0 amide bonds. The van der Waals surface area contributed by atoms with Crippen LogP contribution >= 0.6 is 0 Å². The lowest BCUT2D eigenvalue weighted by molar-refractivity contribution is 0.0463. The molecule has 0 aliphatic heterocycles. The normalized spacial score (nSPS) is 11.1. The summed E-state index contributed by atoms with van der Waals surface area (Å²) in [7, 11) is 0. The van der Waals surface area contributed by atoms with Gasteiger partial charge < -0.3 is 14.2 Å². The van der Waals surface area contributed by atoms with Crippen LogP contribution in [0.3, 0.4) is 0 Å². The van der Waals surface area contributed by atoms with Gasteiger partial charge in [0.2, 0.25) is 0 Å². The fraction of sp³-hybridized carbons (Fsp3) is 0.182. The van der Waals surface area contributed by atoms with Gasteiger partial charge in [0.1, 0.15) is 36.5 Å². The average Bonchev–Trinajstić information content (AvgIpc) is 3.09. The van der Waals surface area contributed by atoms with Gasteiger partial charge in [0.15, 0.2) is 69.8 Å². The Hall–Kier alpha value is -5.55. The van der Waals surface area contributed by atoms with E-state index in [1.807, 2.05) is 0 Å². The second-order valence-corrected chi connectivity index (χ2v) is 10.6. The van der Waals surface area contributed by atoms with Crippen LogP contribution in [0.4, 0.5) is 52.7 Å². The third-order valence-electron chi connectivity index (χ3n) is 7.73. The SMILES string of the molecule is Cc1c(COC(=O)c2cc(F)c(F)c(F)c2F)c(C)c(COC(=O)c2cc(F)c(F)c(F)c2F)c(C)c1COC(=O)c1cc(F)c(F)c(F)c1F. The molecule has 4 rings (SSSR count). The van der Waals surface area contributed by atoms with Crippen molar-refractivity contribution in [2.75, 3.05) is 0 Å². The smallest absolute Gasteiger partial charge is 0.341 e. The number of rotatable bonds is 9. The number of ether oxygens (including phenoxy) is 3. The number of hydrogen-bond acceptors (Lipinski definition) is 6. The molecule has 0 heterocycles. The number of hydrogen-bond donors (Lipinski definition) is 0. The van der Waals surface area contributed by atoms with Crippen molar-refractivity contribution in [3.63, 3.8) is 0 Å². The summed E-state index contributed by atoms with van der Waals surface area (Å²) in [4.78, 5) is 37.7. The van der Waals surface area contributed by atoms with Gasteiger partial charge >= 0.3 is 17.9 Å². The van der Waals surface area contributed by atoms with Gasteiger partial charge in [-0.05, 0) is 72.4 Å². The van der Waals surface area contributed by atoms with Crippen molar-refractivity contribution in [1.82, 2.24) is 0 Å². The molecule has 0 bridgehead atoms. The van der Waals surface area contributed by atoms with Crippen LogP contribution in [0.1, 0.15) is 64.5 Å². The molecule has 0 spiro atoms. The van der Waals surface area contributed by atoms with Gasteiger partial charge in [0.05, 0.1) is 0 Å². The average molecular weight is 738 g/mol. The maximum absolute atomic E-state index is 14.2. The van der Waals surface area contributed by atoms with Crippen LogP contribution in [-0.2, 0) is 34.0 Å². The van der Waals surface area contributed by atoms with E-state index in [2.05, 4.69) is 0 Å². The molecule has 4 aromatic carbocycles. The van der Waals surface area contributed by atoms with Gasteiger partial charge in [0, 0.05) is 0 Å². The Morgan fingerprint density at radius 3 is 0.824 bits per heavy atom. The first-order valence-corrected chi connectivity index (χ1v) is 13.9. The molecule has 0 aliphatic rings. The first-order chi connectivity index (χ1) is 23.8. The van der Waals surface area contributed by atoms with Crippen molar-refractivity contribution in [3.8, 4) is 0 Å². The molecule has 4 aromatic rings. The number of esters is 3. The number of halogens is 12. The van der Waals surface area contributed by atoms with E-state index in [-0.39, 0.29) is 51.6 Å². The Morgan fingerprint density at radius 1 is 0.392 bits per heavy atom. The lowest BCUT2D eigenvalue weighted by Gasteiger charge is -2.22. The molecule has 0 unspecified atom stereocenters. The predicted octanol–water partition coefficient (Wildman–Crippen LogP) is 8.35. The van der Waals surface area contributed by atoms with Crippen LogP contribution < -0.4 is 0 Å². The maximum Gasteiger partial charge on any atom is 0.341 e. The summed E-state index contributed by atoms with van der Waals surface area (Å²) in [5, 5.41) is 0. The summed E-state index contributed by atoms with van der Waals surface area (Å²) in [5.74, 6) is -30.9. The van der Waals surface area contributed by atoms with E-state index in [0.29, 0.717) is 0 Å². The molecule has 0 fully saturated rings. The summed E-state index contributed by atoms with van der Waals surface area (Å²) in [6.45, 7) is 1.21. The summed E-state index contributed by atoms with van der Waals surface area (Å²) in [6, 6.07) is 0.0452. The molecule has 0 N–H and O–H groups in total. The molecule has 0 radical (unpaired) electrons. The van der Waals surface area contributed by atoms with Gasteiger partial charge in [0.25, 0.3) is 0 Å². The minimum Gasteiger partial charge on any atom is -0.457 e. The molecular weight excluding hydrogens is 720 g/mol. The topological polar surface area (TPSA) is 78.9 Å². The molecule has 0 aromatic heterocycles. The van der Waals surface area contributed by atoms with Crippen LogP contribution in [0, 0.1) is 90.6 Å². The minimum absolute atomic E-state index is 0.0151. The zero-order chi connectivity index (χ0) is 38.2. The van der Waals surface area contributed by atoms with Crippen molar-refractivity contribution < 1.29 is 81.3 Å². The highest BCUT2D eigenvalue weighted by Crippen LogP contribution is 2.31. The summed E-state index contributed by atoms with van der Waals surface area (Å²) < 4.78 is 180. The van der Waals surface area contributed by atoms with Gasteiger partial charge in [-0.15, -0.1) is 0 Å². The highest BCUT2D eigenvalue weighted by Gasteiger charge is 2.29. The van der Waals surface area contributed by atoms with E-state index in [1.54, 1.807) is 0 Å². The standard InChI is InChI=1S/C33H18F12O6/c1-10-16(7-49-31(46)13-4-19(34)25(40)28(43)22(13)37)11(2)18(9-51-33(48)15-6-21(36)27(42)30(45)24(15)39)12(3)17(10)8-50-32(47)14-5-20(35)26(41)29(44)23(14)38/h4-6H,7-9H2,1-3H3. The fourth-order valence-electron chi connectivity index (χ4n) is 4.85. The quantitative estimate of drug-likeness (QED) is 0.0565. The largest absolute Gasteiger partial charge is 0.457 e. The Labute approximate surface area is 278 Å². The second-order valence-electron chi connectivity index (χ2n) is 10.6. The second kappa shape index (κ2) is 14.7. The van der Waals surface area contributed by atoms with Gasteiger partial charge in [-0.3, -0.25) is 0 Å². The van der Waals surface area contributed by atoms with E-state index >= 15 is 0 Å². The van der Waals surface area contributed by atoms with Crippen molar-refractivity contribution in [2.45, 2.75) is 40.6 Å². The highest BCUT2D eigenvalue weighted by molar-refractivity contribution is 5.91. The molecule has 270 valence electrons. The Kier molecular flexibility index (Phi) is 11.1. The predicted molar refractivity (Wildman–Crippen MR) is 147 cm³/mol.